The number of carbonyl (C=O) groups is 2. The molecule has 2 N–H and O–H groups in total. The van der Waals surface area contributed by atoms with Crippen LogP contribution in [0, 0.1) is 23.2 Å². The minimum atomic E-state index is -0.660. The molecule has 0 radical (unpaired) electrons. The van der Waals surface area contributed by atoms with Crippen molar-refractivity contribution in [2.75, 3.05) is 7.11 Å². The molecule has 6 atom stereocenters. The van der Waals surface area contributed by atoms with Crippen LogP contribution >= 0.6 is 0 Å². The molecule has 39 heavy (non-hydrogen) atoms. The molecule has 3 saturated carbocycles. The number of ether oxygens (including phenoxy) is 2. The summed E-state index contributed by atoms with van der Waals surface area (Å²) in [4.78, 5) is 26.2. The van der Waals surface area contributed by atoms with E-state index in [0.717, 1.165) is 18.4 Å². The summed E-state index contributed by atoms with van der Waals surface area (Å²) >= 11 is 0. The van der Waals surface area contributed by atoms with Gasteiger partial charge in [0.05, 0.1) is 37.2 Å². The van der Waals surface area contributed by atoms with E-state index in [0.29, 0.717) is 23.5 Å². The summed E-state index contributed by atoms with van der Waals surface area (Å²) in [6, 6.07) is 6.75. The number of rotatable bonds is 9. The molecule has 1 aliphatic heterocycles. The van der Waals surface area contributed by atoms with Crippen LogP contribution in [0.15, 0.2) is 24.3 Å². The Labute approximate surface area is 234 Å². The van der Waals surface area contributed by atoms with Crippen molar-refractivity contribution in [3.05, 3.63) is 29.8 Å². The topological polar surface area (TPSA) is 95.1 Å². The van der Waals surface area contributed by atoms with Gasteiger partial charge in [0.25, 0.3) is 0 Å². The van der Waals surface area contributed by atoms with E-state index in [-0.39, 0.29) is 35.4 Å². The molecule has 1 aromatic rings. The summed E-state index contributed by atoms with van der Waals surface area (Å²) in [7, 11) is 1.08. The zero-order chi connectivity index (χ0) is 28.8. The van der Waals surface area contributed by atoms with Gasteiger partial charge in [-0.3, -0.25) is 4.79 Å². The van der Waals surface area contributed by atoms with Gasteiger partial charge in [0, 0.05) is 0 Å². The minimum absolute atomic E-state index is 0.0339. The monoisotopic (exact) mass is 542 g/mol. The molecule has 9 heteroatoms. The van der Waals surface area contributed by atoms with Gasteiger partial charge in [-0.15, -0.1) is 0 Å². The summed E-state index contributed by atoms with van der Waals surface area (Å²) in [5.74, 6) is 1.59. The number of nitrogens with one attached hydrogen (secondary N) is 2. The lowest BCUT2D eigenvalue weighted by molar-refractivity contribution is -0.199. The van der Waals surface area contributed by atoms with E-state index in [1.165, 1.54) is 6.42 Å². The van der Waals surface area contributed by atoms with Gasteiger partial charge in [-0.25, -0.2) is 4.79 Å². The highest BCUT2D eigenvalue weighted by Crippen LogP contribution is 2.65. The molecule has 3 unspecified atom stereocenters. The predicted octanol–water partition coefficient (Wildman–Crippen LogP) is 5.45. The van der Waals surface area contributed by atoms with Crippen LogP contribution in [0.1, 0.15) is 92.7 Å². The minimum Gasteiger partial charge on any atom is -0.497 e. The van der Waals surface area contributed by atoms with Gasteiger partial charge in [0.2, 0.25) is 5.91 Å². The second-order valence-electron chi connectivity index (χ2n) is 13.8. The first-order valence-corrected chi connectivity index (χ1v) is 14.4. The van der Waals surface area contributed by atoms with E-state index in [4.69, 9.17) is 18.8 Å². The van der Waals surface area contributed by atoms with Gasteiger partial charge in [0.1, 0.15) is 11.4 Å². The van der Waals surface area contributed by atoms with Crippen LogP contribution < -0.4 is 15.4 Å². The number of alkyl carbamates (subject to hydrolysis) is 1. The number of methoxy groups -OCH3 is 1. The van der Waals surface area contributed by atoms with Crippen molar-refractivity contribution in [2.45, 2.75) is 110 Å². The van der Waals surface area contributed by atoms with Gasteiger partial charge in [0.15, 0.2) is 0 Å². The number of hydrogen-bond donors (Lipinski definition) is 2. The molecule has 0 aromatic heterocycles. The highest BCUT2D eigenvalue weighted by Gasteiger charge is 2.68. The zero-order valence-corrected chi connectivity index (χ0v) is 25.1. The lowest BCUT2D eigenvalue weighted by atomic mass is 9.43. The van der Waals surface area contributed by atoms with Crippen molar-refractivity contribution in [1.82, 2.24) is 10.6 Å². The molecule has 216 valence electrons. The molecule has 1 saturated heterocycles. The second kappa shape index (κ2) is 11.0. The maximum absolute atomic E-state index is 13.5. The molecule has 1 aromatic carbocycles. The summed E-state index contributed by atoms with van der Waals surface area (Å²) in [6.07, 6.45) is 2.39. The van der Waals surface area contributed by atoms with E-state index >= 15 is 0 Å². The summed E-state index contributed by atoms with van der Waals surface area (Å²) in [5, 5.41) is 6.09. The van der Waals surface area contributed by atoms with Gasteiger partial charge >= 0.3 is 13.2 Å². The van der Waals surface area contributed by atoms with Crippen molar-refractivity contribution in [1.29, 1.82) is 0 Å². The molecule has 5 rings (SSSR count). The largest absolute Gasteiger partial charge is 0.497 e. The molecular weight excluding hydrogens is 495 g/mol. The third-order valence-corrected chi connectivity index (χ3v) is 8.95. The summed E-state index contributed by atoms with van der Waals surface area (Å²) in [6.45, 7) is 16.6. The van der Waals surface area contributed by atoms with Crippen molar-refractivity contribution in [3.63, 3.8) is 0 Å². The lowest BCUT2D eigenvalue weighted by Crippen LogP contribution is -2.65. The van der Waals surface area contributed by atoms with Crippen molar-refractivity contribution >= 4 is 19.1 Å². The second-order valence-corrected chi connectivity index (χ2v) is 13.8. The van der Waals surface area contributed by atoms with Crippen LogP contribution in [0.5, 0.6) is 5.75 Å². The fourth-order valence-electron chi connectivity index (χ4n) is 6.83. The van der Waals surface area contributed by atoms with Crippen molar-refractivity contribution in [2.24, 2.45) is 23.2 Å². The standard InChI is InChI=1S/C30H47BN2O6/c1-18(2)13-25(31-38-24-16-20-15-23(29(20,6)7)30(24,8)39-31)33-26(34)17-22(32-27(35)37-28(3,4)5)19-11-10-12-21(14-19)36-9/h10-12,14,18,20,22-25H,13,15-17H2,1-9H3,(H,32,35)(H,33,34)/t20?,22?,23?,24-,25+,30+/m1/s1. The Balaban J connectivity index is 1.49. The van der Waals surface area contributed by atoms with Gasteiger partial charge in [-0.05, 0) is 87.8 Å². The van der Waals surface area contributed by atoms with Crippen molar-refractivity contribution < 1.29 is 28.4 Å². The van der Waals surface area contributed by atoms with Crippen LogP contribution in [0.2, 0.25) is 0 Å². The van der Waals surface area contributed by atoms with Gasteiger partial charge in [-0.2, -0.15) is 0 Å². The van der Waals surface area contributed by atoms with Crippen LogP contribution in [-0.2, 0) is 18.8 Å². The third kappa shape index (κ3) is 6.40. The Morgan fingerprint density at radius 3 is 2.49 bits per heavy atom. The maximum atomic E-state index is 13.5. The first-order valence-electron chi connectivity index (χ1n) is 14.4. The highest BCUT2D eigenvalue weighted by molar-refractivity contribution is 6.47. The van der Waals surface area contributed by atoms with Crippen LogP contribution in [-0.4, -0.2) is 49.5 Å². The number of hydrogen-bond acceptors (Lipinski definition) is 6. The third-order valence-electron chi connectivity index (χ3n) is 8.95. The molecule has 4 fully saturated rings. The van der Waals surface area contributed by atoms with Crippen LogP contribution in [0.25, 0.3) is 0 Å². The number of carbonyl (C=O) groups excluding carboxylic acids is 2. The fraction of sp³-hybridized carbons (Fsp3) is 0.733. The first kappa shape index (κ1) is 29.7. The normalized spacial score (nSPS) is 28.7. The molecule has 4 aliphatic rings. The van der Waals surface area contributed by atoms with E-state index in [1.807, 2.05) is 24.3 Å². The number of amides is 2. The van der Waals surface area contributed by atoms with E-state index in [9.17, 15) is 9.59 Å². The Hall–Kier alpha value is -2.26. The van der Waals surface area contributed by atoms with Crippen LogP contribution in [0.4, 0.5) is 4.79 Å². The fourth-order valence-corrected chi connectivity index (χ4v) is 6.83. The average molecular weight is 543 g/mol. The Bertz CT molecular complexity index is 1060. The quantitative estimate of drug-likeness (QED) is 0.403. The molecule has 1 heterocycles. The zero-order valence-electron chi connectivity index (χ0n) is 25.1. The Morgan fingerprint density at radius 1 is 1.15 bits per heavy atom. The average Bonchev–Trinajstić information content (AvgIpc) is 3.19. The molecular formula is C30H47BN2O6. The lowest BCUT2D eigenvalue weighted by Gasteiger charge is -2.64. The SMILES string of the molecule is COc1cccc(C(CC(=O)N[C@@H](CC(C)C)B2O[C@@H]3CC4CC(C4(C)C)[C@]3(C)O2)NC(=O)OC(C)(C)C)c1. The van der Waals surface area contributed by atoms with E-state index in [1.54, 1.807) is 27.9 Å². The molecule has 8 nitrogen and oxygen atoms in total. The Kier molecular flexibility index (Phi) is 8.35. The molecule has 2 bridgehead atoms. The first-order chi connectivity index (χ1) is 18.1. The molecule has 3 aliphatic carbocycles. The molecule has 0 spiro atoms. The Morgan fingerprint density at radius 2 is 1.87 bits per heavy atom. The predicted molar refractivity (Wildman–Crippen MR) is 151 cm³/mol. The summed E-state index contributed by atoms with van der Waals surface area (Å²) < 4.78 is 24.1. The highest BCUT2D eigenvalue weighted by atomic mass is 16.7. The van der Waals surface area contributed by atoms with E-state index in [2.05, 4.69) is 45.3 Å². The smallest absolute Gasteiger partial charge is 0.481 e. The summed E-state index contributed by atoms with van der Waals surface area (Å²) in [5.41, 5.74) is -0.000972. The van der Waals surface area contributed by atoms with Crippen molar-refractivity contribution in [3.8, 4) is 5.75 Å². The van der Waals surface area contributed by atoms with E-state index < -0.39 is 24.9 Å². The molecule has 2 amide bonds. The number of benzene rings is 1. The maximum Gasteiger partial charge on any atom is 0.481 e. The van der Waals surface area contributed by atoms with Gasteiger partial charge < -0.3 is 29.4 Å². The van der Waals surface area contributed by atoms with Crippen LogP contribution in [0.3, 0.4) is 0 Å². The van der Waals surface area contributed by atoms with Gasteiger partial charge in [-0.1, -0.05) is 39.8 Å².